The summed E-state index contributed by atoms with van der Waals surface area (Å²) in [7, 11) is 0. The van der Waals surface area contributed by atoms with Crippen molar-refractivity contribution in [1.29, 1.82) is 0 Å². The Labute approximate surface area is 119 Å². The summed E-state index contributed by atoms with van der Waals surface area (Å²) in [5.74, 6) is 1.28. The average Bonchev–Trinajstić information content (AvgIpc) is 2.67. The predicted octanol–water partition coefficient (Wildman–Crippen LogP) is 3.50. The zero-order valence-electron chi connectivity index (χ0n) is 12.3. The third-order valence-electron chi connectivity index (χ3n) is 4.09. The van der Waals surface area contributed by atoms with Gasteiger partial charge in [-0.05, 0) is 44.1 Å². The lowest BCUT2D eigenvalue weighted by Crippen LogP contribution is -2.32. The van der Waals surface area contributed by atoms with Crippen LogP contribution in [0.2, 0.25) is 0 Å². The van der Waals surface area contributed by atoms with Gasteiger partial charge in [-0.1, -0.05) is 13.8 Å². The molecule has 1 aromatic rings. The van der Waals surface area contributed by atoms with Crippen molar-refractivity contribution in [2.75, 3.05) is 18.8 Å². The summed E-state index contributed by atoms with van der Waals surface area (Å²) in [6.07, 6.45) is 2.20. The van der Waals surface area contributed by atoms with Crippen LogP contribution in [-0.4, -0.2) is 23.9 Å². The minimum absolute atomic E-state index is 0.112. The number of carbonyl (C=O) groups is 1. The van der Waals surface area contributed by atoms with E-state index in [9.17, 15) is 4.79 Å². The Morgan fingerprint density at radius 3 is 2.58 bits per heavy atom. The molecular weight excluding hydrogens is 256 g/mol. The van der Waals surface area contributed by atoms with Gasteiger partial charge in [0.2, 0.25) is 0 Å². The first kappa shape index (κ1) is 14.4. The van der Waals surface area contributed by atoms with Crippen LogP contribution in [-0.2, 0) is 6.42 Å². The van der Waals surface area contributed by atoms with Gasteiger partial charge in [-0.15, -0.1) is 11.3 Å². The largest absolute Gasteiger partial charge is 0.390 e. The Kier molecular flexibility index (Phi) is 4.19. The maximum atomic E-state index is 12.6. The molecule has 0 radical (unpaired) electrons. The van der Waals surface area contributed by atoms with Gasteiger partial charge in [0, 0.05) is 18.0 Å². The lowest BCUT2D eigenvalue weighted by Gasteiger charge is -2.26. The van der Waals surface area contributed by atoms with Gasteiger partial charge < -0.3 is 10.6 Å². The van der Waals surface area contributed by atoms with Gasteiger partial charge in [-0.3, -0.25) is 4.79 Å². The Balaban J connectivity index is 2.44. The monoisotopic (exact) mass is 280 g/mol. The second-order valence-corrected chi connectivity index (χ2v) is 6.69. The molecule has 3 nitrogen and oxygen atoms in total. The molecule has 1 aliphatic rings. The average molecular weight is 280 g/mol. The van der Waals surface area contributed by atoms with Crippen molar-refractivity contribution in [1.82, 2.24) is 4.90 Å². The lowest BCUT2D eigenvalue weighted by atomic mass is 9.82. The molecular formula is C15H24N2OS. The highest BCUT2D eigenvalue weighted by Crippen LogP contribution is 2.44. The second-order valence-electron chi connectivity index (χ2n) is 5.61. The molecule has 0 saturated heterocycles. The van der Waals surface area contributed by atoms with Crippen LogP contribution >= 0.6 is 11.3 Å². The summed E-state index contributed by atoms with van der Waals surface area (Å²) >= 11 is 1.62. The van der Waals surface area contributed by atoms with E-state index in [1.807, 2.05) is 18.7 Å². The number of fused-ring (bicyclic) bond motifs is 1. The predicted molar refractivity (Wildman–Crippen MR) is 81.9 cm³/mol. The van der Waals surface area contributed by atoms with E-state index in [4.69, 9.17) is 5.73 Å². The van der Waals surface area contributed by atoms with Crippen LogP contribution in [0.3, 0.4) is 0 Å². The number of nitrogen functional groups attached to an aromatic ring is 1. The maximum Gasteiger partial charge on any atom is 0.257 e. The van der Waals surface area contributed by atoms with Crippen LogP contribution in [0.5, 0.6) is 0 Å². The third kappa shape index (κ3) is 2.50. The normalized spacial score (nSPS) is 22.1. The number of anilines is 1. The van der Waals surface area contributed by atoms with E-state index >= 15 is 0 Å². The van der Waals surface area contributed by atoms with Crippen LogP contribution in [0, 0.1) is 5.92 Å². The quantitative estimate of drug-likeness (QED) is 0.921. The van der Waals surface area contributed by atoms with Crippen LogP contribution < -0.4 is 5.73 Å². The van der Waals surface area contributed by atoms with Gasteiger partial charge in [-0.2, -0.15) is 0 Å². The minimum Gasteiger partial charge on any atom is -0.390 e. The number of nitrogens with two attached hydrogens (primary N) is 1. The molecule has 0 aromatic carbocycles. The van der Waals surface area contributed by atoms with Crippen LogP contribution in [0.25, 0.3) is 0 Å². The smallest absolute Gasteiger partial charge is 0.257 e. The summed E-state index contributed by atoms with van der Waals surface area (Å²) in [6, 6.07) is 0. The number of carbonyl (C=O) groups excluding carboxylic acids is 1. The fourth-order valence-electron chi connectivity index (χ4n) is 3.15. The molecule has 19 heavy (non-hydrogen) atoms. The highest BCUT2D eigenvalue weighted by atomic mass is 32.1. The first-order valence-electron chi connectivity index (χ1n) is 7.19. The van der Waals surface area contributed by atoms with Crippen LogP contribution in [0.4, 0.5) is 5.00 Å². The van der Waals surface area contributed by atoms with Crippen molar-refractivity contribution in [2.24, 2.45) is 5.92 Å². The van der Waals surface area contributed by atoms with Gasteiger partial charge in [0.05, 0.1) is 10.6 Å². The standard InChI is InChI=1S/C15H24N2OS/c1-5-17(6-2)15(18)12-11-8-9(3)7-10(4)13(11)19-14(12)16/h9-10H,5-8,16H2,1-4H3. The van der Waals surface area contributed by atoms with Gasteiger partial charge in [0.25, 0.3) is 5.91 Å². The number of rotatable bonds is 3. The molecule has 2 N–H and O–H groups in total. The SMILES string of the molecule is CCN(CC)C(=O)c1c(N)sc2c1CC(C)CC2C. The molecule has 2 unspecified atom stereocenters. The van der Waals surface area contributed by atoms with Gasteiger partial charge in [-0.25, -0.2) is 0 Å². The van der Waals surface area contributed by atoms with E-state index in [0.717, 1.165) is 25.1 Å². The Morgan fingerprint density at radius 1 is 1.37 bits per heavy atom. The topological polar surface area (TPSA) is 46.3 Å². The number of nitrogens with zero attached hydrogens (tertiary/aromatic N) is 1. The molecule has 0 bridgehead atoms. The molecule has 0 fully saturated rings. The Morgan fingerprint density at radius 2 is 2.00 bits per heavy atom. The van der Waals surface area contributed by atoms with Crippen molar-refractivity contribution in [3.05, 3.63) is 16.0 Å². The van der Waals surface area contributed by atoms with Crippen molar-refractivity contribution in [3.63, 3.8) is 0 Å². The third-order valence-corrected chi connectivity index (χ3v) is 5.38. The molecule has 0 aliphatic heterocycles. The summed E-state index contributed by atoms with van der Waals surface area (Å²) in [4.78, 5) is 15.8. The summed E-state index contributed by atoms with van der Waals surface area (Å²) in [5, 5.41) is 0.711. The van der Waals surface area contributed by atoms with E-state index in [-0.39, 0.29) is 5.91 Å². The molecule has 0 saturated carbocycles. The van der Waals surface area contributed by atoms with Crippen molar-refractivity contribution in [3.8, 4) is 0 Å². The zero-order chi connectivity index (χ0) is 14.2. The summed E-state index contributed by atoms with van der Waals surface area (Å²) in [5.41, 5.74) is 8.17. The Hall–Kier alpha value is -1.03. The van der Waals surface area contributed by atoms with Gasteiger partial charge >= 0.3 is 0 Å². The molecule has 1 heterocycles. The second kappa shape index (κ2) is 5.53. The number of hydrogen-bond donors (Lipinski definition) is 1. The van der Waals surface area contributed by atoms with E-state index in [1.54, 1.807) is 11.3 Å². The number of hydrogen-bond acceptors (Lipinski definition) is 3. The maximum absolute atomic E-state index is 12.6. The zero-order valence-corrected chi connectivity index (χ0v) is 13.1. The summed E-state index contributed by atoms with van der Waals surface area (Å²) < 4.78 is 0. The Bertz CT molecular complexity index is 477. The van der Waals surface area contributed by atoms with Crippen molar-refractivity contribution in [2.45, 2.75) is 46.5 Å². The first-order valence-corrected chi connectivity index (χ1v) is 8.01. The van der Waals surface area contributed by atoms with Crippen LogP contribution in [0.1, 0.15) is 60.8 Å². The van der Waals surface area contributed by atoms with E-state index in [0.29, 0.717) is 16.8 Å². The molecule has 1 amide bonds. The molecule has 4 heteroatoms. The molecule has 2 rings (SSSR count). The van der Waals surface area contributed by atoms with Crippen LogP contribution in [0.15, 0.2) is 0 Å². The molecule has 106 valence electrons. The van der Waals surface area contributed by atoms with E-state index in [2.05, 4.69) is 13.8 Å². The summed E-state index contributed by atoms with van der Waals surface area (Å²) in [6.45, 7) is 10.0. The number of amides is 1. The van der Waals surface area contributed by atoms with Crippen molar-refractivity contribution < 1.29 is 4.79 Å². The fraction of sp³-hybridized carbons (Fsp3) is 0.667. The van der Waals surface area contributed by atoms with E-state index < -0.39 is 0 Å². The molecule has 1 aromatic heterocycles. The highest BCUT2D eigenvalue weighted by Gasteiger charge is 2.31. The van der Waals surface area contributed by atoms with Crippen molar-refractivity contribution >= 4 is 22.2 Å². The lowest BCUT2D eigenvalue weighted by molar-refractivity contribution is 0.0773. The van der Waals surface area contributed by atoms with Gasteiger partial charge in [0.1, 0.15) is 0 Å². The first-order chi connectivity index (χ1) is 8.99. The molecule has 0 spiro atoms. The minimum atomic E-state index is 0.112. The van der Waals surface area contributed by atoms with Gasteiger partial charge in [0.15, 0.2) is 0 Å². The fourth-order valence-corrected chi connectivity index (χ4v) is 4.30. The van der Waals surface area contributed by atoms with E-state index in [1.165, 1.54) is 16.9 Å². The molecule has 1 aliphatic carbocycles. The molecule has 2 atom stereocenters. The highest BCUT2D eigenvalue weighted by molar-refractivity contribution is 7.16. The number of thiophene rings is 1.